The molecule has 3 aromatic rings. The minimum Gasteiger partial charge on any atom is -0.354 e. The van der Waals surface area contributed by atoms with E-state index in [9.17, 15) is 14.0 Å². The summed E-state index contributed by atoms with van der Waals surface area (Å²) in [5.74, 6) is -0.450. The Kier molecular flexibility index (Phi) is 5.94. The largest absolute Gasteiger partial charge is 0.354 e. The van der Waals surface area contributed by atoms with Gasteiger partial charge in [0.15, 0.2) is 0 Å². The van der Waals surface area contributed by atoms with Gasteiger partial charge in [0.1, 0.15) is 5.82 Å². The van der Waals surface area contributed by atoms with E-state index in [4.69, 9.17) is 0 Å². The monoisotopic (exact) mass is 384 g/mol. The van der Waals surface area contributed by atoms with Crippen LogP contribution in [0.2, 0.25) is 0 Å². The number of rotatable bonds is 7. The number of carbonyl (C=O) groups excluding carboxylic acids is 1. The molecule has 7 heteroatoms. The van der Waals surface area contributed by atoms with E-state index in [1.165, 1.54) is 12.1 Å². The Morgan fingerprint density at radius 2 is 1.86 bits per heavy atom. The van der Waals surface area contributed by atoms with Gasteiger partial charge in [-0.3, -0.25) is 13.9 Å². The van der Waals surface area contributed by atoms with E-state index in [2.05, 4.69) is 5.32 Å². The molecule has 0 radical (unpaired) electrons. The van der Waals surface area contributed by atoms with Gasteiger partial charge in [0.25, 0.3) is 0 Å². The summed E-state index contributed by atoms with van der Waals surface area (Å²) >= 11 is 0. The molecular formula is C21H25FN4O2. The topological polar surface area (TPSA) is 59.3 Å². The number of likely N-dealkylation sites (N-methyl/N-ethyl adjacent to an activating group) is 1. The Bertz CT molecular complexity index is 1040. The van der Waals surface area contributed by atoms with Crippen molar-refractivity contribution in [2.75, 3.05) is 20.6 Å². The number of nitrogens with zero attached hydrogens (tertiary/aromatic N) is 3. The van der Waals surface area contributed by atoms with Crippen molar-refractivity contribution in [3.8, 4) is 0 Å². The van der Waals surface area contributed by atoms with E-state index >= 15 is 0 Å². The van der Waals surface area contributed by atoms with Crippen molar-refractivity contribution in [2.24, 2.45) is 7.05 Å². The number of para-hydroxylation sites is 2. The Hall–Kier alpha value is -2.93. The molecule has 1 atom stereocenters. The number of aromatic nitrogens is 2. The van der Waals surface area contributed by atoms with Crippen LogP contribution >= 0.6 is 0 Å². The zero-order chi connectivity index (χ0) is 20.3. The highest BCUT2D eigenvalue weighted by molar-refractivity contribution is 5.78. The SMILES string of the molecule is CN(C)C(CNC(=O)CCn1c(=O)n(C)c2ccccc21)c1cccc(F)c1. The lowest BCUT2D eigenvalue weighted by Gasteiger charge is -2.25. The first-order valence-electron chi connectivity index (χ1n) is 9.21. The van der Waals surface area contributed by atoms with E-state index in [1.807, 2.05) is 49.3 Å². The summed E-state index contributed by atoms with van der Waals surface area (Å²) in [4.78, 5) is 26.7. The average Bonchev–Trinajstić information content (AvgIpc) is 2.91. The second kappa shape index (κ2) is 8.39. The molecule has 0 aliphatic rings. The van der Waals surface area contributed by atoms with Crippen LogP contribution in [0.15, 0.2) is 53.3 Å². The molecule has 0 aliphatic heterocycles. The van der Waals surface area contributed by atoms with Crippen LogP contribution in [0, 0.1) is 5.82 Å². The molecule has 6 nitrogen and oxygen atoms in total. The molecule has 0 bridgehead atoms. The maximum atomic E-state index is 13.5. The van der Waals surface area contributed by atoms with Gasteiger partial charge < -0.3 is 10.2 Å². The number of nitrogens with one attached hydrogen (secondary N) is 1. The lowest BCUT2D eigenvalue weighted by molar-refractivity contribution is -0.121. The number of benzene rings is 2. The van der Waals surface area contributed by atoms with Gasteiger partial charge in [-0.15, -0.1) is 0 Å². The van der Waals surface area contributed by atoms with Crippen LogP contribution in [0.5, 0.6) is 0 Å². The quantitative estimate of drug-likeness (QED) is 0.680. The highest BCUT2D eigenvalue weighted by atomic mass is 19.1. The van der Waals surface area contributed by atoms with E-state index < -0.39 is 0 Å². The molecule has 0 saturated heterocycles. The molecule has 1 aromatic heterocycles. The van der Waals surface area contributed by atoms with Gasteiger partial charge in [-0.25, -0.2) is 9.18 Å². The van der Waals surface area contributed by atoms with Crippen molar-refractivity contribution in [3.05, 3.63) is 70.4 Å². The Morgan fingerprint density at radius 3 is 2.54 bits per heavy atom. The van der Waals surface area contributed by atoms with Gasteiger partial charge in [0.05, 0.1) is 17.1 Å². The molecule has 0 fully saturated rings. The zero-order valence-corrected chi connectivity index (χ0v) is 16.4. The van der Waals surface area contributed by atoms with E-state index in [0.29, 0.717) is 13.1 Å². The summed E-state index contributed by atoms with van der Waals surface area (Å²) in [7, 11) is 5.50. The fourth-order valence-corrected chi connectivity index (χ4v) is 3.40. The molecule has 1 amide bonds. The lowest BCUT2D eigenvalue weighted by Crippen LogP contribution is -2.35. The number of hydrogen-bond donors (Lipinski definition) is 1. The Balaban J connectivity index is 1.65. The first-order valence-corrected chi connectivity index (χ1v) is 9.21. The summed E-state index contributed by atoms with van der Waals surface area (Å²) in [6.07, 6.45) is 0.192. The van der Waals surface area contributed by atoms with Gasteiger partial charge in [-0.05, 0) is 43.9 Å². The van der Waals surface area contributed by atoms with Crippen LogP contribution in [0.1, 0.15) is 18.0 Å². The molecule has 0 spiro atoms. The Labute approximate surface area is 163 Å². The number of amides is 1. The third-order valence-corrected chi connectivity index (χ3v) is 4.96. The van der Waals surface area contributed by atoms with Gasteiger partial charge in [-0.2, -0.15) is 0 Å². The molecular weight excluding hydrogens is 359 g/mol. The lowest BCUT2D eigenvalue weighted by atomic mass is 10.1. The van der Waals surface area contributed by atoms with E-state index in [-0.39, 0.29) is 29.9 Å². The van der Waals surface area contributed by atoms with Crippen molar-refractivity contribution in [2.45, 2.75) is 19.0 Å². The van der Waals surface area contributed by atoms with Crippen molar-refractivity contribution in [1.29, 1.82) is 0 Å². The molecule has 1 heterocycles. The van der Waals surface area contributed by atoms with E-state index in [1.54, 1.807) is 22.2 Å². The zero-order valence-electron chi connectivity index (χ0n) is 16.4. The highest BCUT2D eigenvalue weighted by Gasteiger charge is 2.16. The van der Waals surface area contributed by atoms with Gasteiger partial charge >= 0.3 is 5.69 Å². The van der Waals surface area contributed by atoms with Gasteiger partial charge in [0.2, 0.25) is 5.91 Å². The van der Waals surface area contributed by atoms with Crippen molar-refractivity contribution in [3.63, 3.8) is 0 Å². The van der Waals surface area contributed by atoms with Gasteiger partial charge in [-0.1, -0.05) is 24.3 Å². The number of halogens is 1. The molecule has 0 aliphatic carbocycles. The molecule has 3 rings (SSSR count). The number of fused-ring (bicyclic) bond motifs is 1. The summed E-state index contributed by atoms with van der Waals surface area (Å²) in [6, 6.07) is 13.8. The smallest absolute Gasteiger partial charge is 0.328 e. The summed E-state index contributed by atoms with van der Waals surface area (Å²) < 4.78 is 16.7. The normalized spacial score (nSPS) is 12.5. The van der Waals surface area contributed by atoms with Crippen molar-refractivity contribution >= 4 is 16.9 Å². The van der Waals surface area contributed by atoms with Crippen molar-refractivity contribution in [1.82, 2.24) is 19.4 Å². The number of imidazole rings is 1. The van der Waals surface area contributed by atoms with Crippen LogP contribution in [0.3, 0.4) is 0 Å². The minimum atomic E-state index is -0.300. The fourth-order valence-electron chi connectivity index (χ4n) is 3.40. The minimum absolute atomic E-state index is 0.139. The van der Waals surface area contributed by atoms with E-state index in [0.717, 1.165) is 16.6 Å². The third-order valence-electron chi connectivity index (χ3n) is 4.96. The average molecular weight is 384 g/mol. The predicted molar refractivity (Wildman–Crippen MR) is 108 cm³/mol. The first-order chi connectivity index (χ1) is 13.4. The molecule has 1 N–H and O–H groups in total. The van der Waals surface area contributed by atoms with Gasteiger partial charge in [0, 0.05) is 26.6 Å². The summed E-state index contributed by atoms with van der Waals surface area (Å²) in [6.45, 7) is 0.665. The number of hydrogen-bond acceptors (Lipinski definition) is 3. The fraction of sp³-hybridized carbons (Fsp3) is 0.333. The van der Waals surface area contributed by atoms with Crippen LogP contribution in [-0.4, -0.2) is 40.6 Å². The Morgan fingerprint density at radius 1 is 1.14 bits per heavy atom. The number of carbonyl (C=O) groups is 1. The van der Waals surface area contributed by atoms with Crippen LogP contribution in [0.4, 0.5) is 4.39 Å². The standard InChI is InChI=1S/C21H25FN4O2/c1-24(2)19(15-7-6-8-16(22)13-15)14-23-20(27)11-12-26-18-10-5-4-9-17(18)25(3)21(26)28/h4-10,13,19H,11-12,14H2,1-3H3,(H,23,27). The highest BCUT2D eigenvalue weighted by Crippen LogP contribution is 2.18. The van der Waals surface area contributed by atoms with Crippen LogP contribution in [-0.2, 0) is 18.4 Å². The second-order valence-electron chi connectivity index (χ2n) is 7.07. The third kappa shape index (κ3) is 4.14. The second-order valence-corrected chi connectivity index (χ2v) is 7.07. The molecule has 2 aromatic carbocycles. The summed E-state index contributed by atoms with van der Waals surface area (Å²) in [5, 5.41) is 2.90. The van der Waals surface area contributed by atoms with Crippen LogP contribution < -0.4 is 11.0 Å². The van der Waals surface area contributed by atoms with Crippen molar-refractivity contribution < 1.29 is 9.18 Å². The maximum absolute atomic E-state index is 13.5. The molecule has 1 unspecified atom stereocenters. The first kappa shape index (κ1) is 19.8. The molecule has 28 heavy (non-hydrogen) atoms. The van der Waals surface area contributed by atoms with Crippen LogP contribution in [0.25, 0.3) is 11.0 Å². The maximum Gasteiger partial charge on any atom is 0.328 e. The summed E-state index contributed by atoms with van der Waals surface area (Å²) in [5.41, 5.74) is 2.32. The predicted octanol–water partition coefficient (Wildman–Crippen LogP) is 2.29. The molecule has 148 valence electrons. The molecule has 0 saturated carbocycles. The number of aryl methyl sites for hydroxylation is 2.